The van der Waals surface area contributed by atoms with Crippen molar-refractivity contribution in [2.45, 2.75) is 25.5 Å². The summed E-state index contributed by atoms with van der Waals surface area (Å²) < 4.78 is 8.12. The van der Waals surface area contributed by atoms with Crippen molar-refractivity contribution in [3.05, 3.63) is 45.2 Å². The molecule has 0 radical (unpaired) electrons. The van der Waals surface area contributed by atoms with Crippen LogP contribution in [0, 0.1) is 0 Å². The standard InChI is InChI=1S/C16H17BrN2O3/c17-11-3-4-14-13(8-11)15(20)5-6-19(14)10-16(21)18-9-12-2-1-7-22-12/h3-6,8,12H,1-2,7,9-10H2,(H,18,21). The van der Waals surface area contributed by atoms with Crippen molar-refractivity contribution in [1.29, 1.82) is 0 Å². The number of hydrogen-bond acceptors (Lipinski definition) is 3. The topological polar surface area (TPSA) is 60.3 Å². The Balaban J connectivity index is 1.74. The molecule has 1 fully saturated rings. The van der Waals surface area contributed by atoms with Crippen LogP contribution in [0.5, 0.6) is 0 Å². The smallest absolute Gasteiger partial charge is 0.240 e. The molecular formula is C16H17BrN2O3. The van der Waals surface area contributed by atoms with E-state index in [0.717, 1.165) is 29.4 Å². The Morgan fingerprint density at radius 2 is 2.27 bits per heavy atom. The molecule has 1 aromatic carbocycles. The van der Waals surface area contributed by atoms with Gasteiger partial charge in [-0.3, -0.25) is 9.59 Å². The molecule has 22 heavy (non-hydrogen) atoms. The highest BCUT2D eigenvalue weighted by atomic mass is 79.9. The molecule has 0 spiro atoms. The predicted octanol–water partition coefficient (Wildman–Crippen LogP) is 2.06. The molecule has 1 amide bonds. The molecule has 1 saturated heterocycles. The lowest BCUT2D eigenvalue weighted by atomic mass is 10.2. The number of pyridine rings is 1. The number of hydrogen-bond donors (Lipinski definition) is 1. The van der Waals surface area contributed by atoms with E-state index in [1.165, 1.54) is 6.07 Å². The van der Waals surface area contributed by atoms with Gasteiger partial charge in [-0.15, -0.1) is 0 Å². The van der Waals surface area contributed by atoms with Gasteiger partial charge in [-0.05, 0) is 31.0 Å². The fourth-order valence-electron chi connectivity index (χ4n) is 2.67. The number of carbonyl (C=O) groups excluding carboxylic acids is 1. The van der Waals surface area contributed by atoms with E-state index in [1.54, 1.807) is 16.8 Å². The van der Waals surface area contributed by atoms with Gasteiger partial charge in [-0.25, -0.2) is 0 Å². The van der Waals surface area contributed by atoms with Crippen molar-refractivity contribution in [2.75, 3.05) is 13.2 Å². The van der Waals surface area contributed by atoms with Gasteiger partial charge >= 0.3 is 0 Å². The first-order valence-corrected chi connectivity index (χ1v) is 8.10. The SMILES string of the molecule is O=C(Cn1ccc(=O)c2cc(Br)ccc21)NCC1CCCO1. The average Bonchev–Trinajstić information content (AvgIpc) is 3.02. The number of carbonyl (C=O) groups is 1. The molecule has 0 bridgehead atoms. The molecule has 3 rings (SSSR count). The summed E-state index contributed by atoms with van der Waals surface area (Å²) in [5, 5.41) is 3.49. The van der Waals surface area contributed by atoms with Gasteiger partial charge in [0, 0.05) is 35.3 Å². The third-order valence-corrected chi connectivity index (χ3v) is 4.30. The molecule has 5 nitrogen and oxygen atoms in total. The van der Waals surface area contributed by atoms with Crippen molar-refractivity contribution in [3.63, 3.8) is 0 Å². The molecule has 2 heterocycles. The normalized spacial score (nSPS) is 17.8. The average molecular weight is 365 g/mol. The van der Waals surface area contributed by atoms with Crippen molar-refractivity contribution >= 4 is 32.7 Å². The first kappa shape index (κ1) is 15.2. The minimum Gasteiger partial charge on any atom is -0.376 e. The second-order valence-corrected chi connectivity index (χ2v) is 6.32. The van der Waals surface area contributed by atoms with Crippen molar-refractivity contribution < 1.29 is 9.53 Å². The summed E-state index contributed by atoms with van der Waals surface area (Å²) in [5.74, 6) is -0.0802. The van der Waals surface area contributed by atoms with E-state index in [4.69, 9.17) is 4.74 Å². The maximum absolute atomic E-state index is 12.1. The van der Waals surface area contributed by atoms with E-state index in [9.17, 15) is 9.59 Å². The zero-order valence-corrected chi connectivity index (χ0v) is 13.6. The Labute approximate surface area is 136 Å². The Morgan fingerprint density at radius 3 is 3.05 bits per heavy atom. The summed E-state index contributed by atoms with van der Waals surface area (Å²) in [6, 6.07) is 6.97. The second kappa shape index (κ2) is 6.62. The zero-order chi connectivity index (χ0) is 15.5. The Bertz CT molecular complexity index is 751. The third-order valence-electron chi connectivity index (χ3n) is 3.80. The van der Waals surface area contributed by atoms with E-state index < -0.39 is 0 Å². The van der Waals surface area contributed by atoms with Crippen LogP contribution in [0.25, 0.3) is 10.9 Å². The number of fused-ring (bicyclic) bond motifs is 1. The Hall–Kier alpha value is -1.66. The van der Waals surface area contributed by atoms with Gasteiger partial charge in [0.1, 0.15) is 6.54 Å². The van der Waals surface area contributed by atoms with E-state index in [0.29, 0.717) is 11.9 Å². The van der Waals surface area contributed by atoms with E-state index in [2.05, 4.69) is 21.2 Å². The second-order valence-electron chi connectivity index (χ2n) is 5.41. The van der Waals surface area contributed by atoms with Gasteiger partial charge in [-0.1, -0.05) is 15.9 Å². The van der Waals surface area contributed by atoms with Crippen LogP contribution >= 0.6 is 15.9 Å². The minimum atomic E-state index is -0.0802. The minimum absolute atomic E-state index is 0.0488. The van der Waals surface area contributed by atoms with Gasteiger partial charge < -0.3 is 14.6 Å². The van der Waals surface area contributed by atoms with Crippen LogP contribution in [0.4, 0.5) is 0 Å². The highest BCUT2D eigenvalue weighted by molar-refractivity contribution is 9.10. The summed E-state index contributed by atoms with van der Waals surface area (Å²) in [6.45, 7) is 1.51. The maximum Gasteiger partial charge on any atom is 0.240 e. The maximum atomic E-state index is 12.1. The molecule has 2 aromatic rings. The van der Waals surface area contributed by atoms with E-state index >= 15 is 0 Å². The number of benzene rings is 1. The molecule has 1 N–H and O–H groups in total. The van der Waals surface area contributed by atoms with Crippen molar-refractivity contribution in [3.8, 4) is 0 Å². The highest BCUT2D eigenvalue weighted by Crippen LogP contribution is 2.17. The van der Waals surface area contributed by atoms with Gasteiger partial charge in [-0.2, -0.15) is 0 Å². The van der Waals surface area contributed by atoms with Crippen LogP contribution in [0.3, 0.4) is 0 Å². The van der Waals surface area contributed by atoms with Crippen LogP contribution in [0.15, 0.2) is 39.7 Å². The number of rotatable bonds is 4. The number of aromatic nitrogens is 1. The summed E-state index contributed by atoms with van der Waals surface area (Å²) >= 11 is 3.36. The summed E-state index contributed by atoms with van der Waals surface area (Å²) in [6.07, 6.45) is 3.84. The van der Waals surface area contributed by atoms with Crippen molar-refractivity contribution in [1.82, 2.24) is 9.88 Å². The number of nitrogens with zero attached hydrogens (tertiary/aromatic N) is 1. The molecule has 1 unspecified atom stereocenters. The number of amides is 1. The highest BCUT2D eigenvalue weighted by Gasteiger charge is 2.16. The predicted molar refractivity (Wildman–Crippen MR) is 87.9 cm³/mol. The first-order valence-electron chi connectivity index (χ1n) is 7.30. The summed E-state index contributed by atoms with van der Waals surface area (Å²) in [4.78, 5) is 24.0. The summed E-state index contributed by atoms with van der Waals surface area (Å²) in [5.41, 5.74) is 0.704. The van der Waals surface area contributed by atoms with E-state index in [1.807, 2.05) is 12.1 Å². The molecule has 0 aliphatic carbocycles. The molecule has 1 atom stereocenters. The molecule has 1 aromatic heterocycles. The van der Waals surface area contributed by atoms with E-state index in [-0.39, 0.29) is 24.0 Å². The van der Waals surface area contributed by atoms with Gasteiger partial charge in [0.05, 0.1) is 11.6 Å². The number of halogens is 1. The number of ether oxygens (including phenoxy) is 1. The molecule has 6 heteroatoms. The monoisotopic (exact) mass is 364 g/mol. The lowest BCUT2D eigenvalue weighted by Crippen LogP contribution is -2.34. The fourth-order valence-corrected chi connectivity index (χ4v) is 3.03. The first-order chi connectivity index (χ1) is 10.6. The lowest BCUT2D eigenvalue weighted by Gasteiger charge is -2.13. The molecule has 1 aliphatic heterocycles. The van der Waals surface area contributed by atoms with Crippen LogP contribution in [-0.2, 0) is 16.1 Å². The molecular weight excluding hydrogens is 348 g/mol. The summed E-state index contributed by atoms with van der Waals surface area (Å²) in [7, 11) is 0. The molecule has 0 saturated carbocycles. The van der Waals surface area contributed by atoms with Crippen LogP contribution in [0.2, 0.25) is 0 Å². The van der Waals surface area contributed by atoms with Gasteiger partial charge in [0.15, 0.2) is 5.43 Å². The lowest BCUT2D eigenvalue weighted by molar-refractivity contribution is -0.122. The molecule has 116 valence electrons. The van der Waals surface area contributed by atoms with Crippen LogP contribution in [-0.4, -0.2) is 29.7 Å². The quantitative estimate of drug-likeness (QED) is 0.903. The fraction of sp³-hybridized carbons (Fsp3) is 0.375. The Morgan fingerprint density at radius 1 is 1.41 bits per heavy atom. The third kappa shape index (κ3) is 3.39. The zero-order valence-electron chi connectivity index (χ0n) is 12.0. The van der Waals surface area contributed by atoms with Crippen LogP contribution < -0.4 is 10.7 Å². The van der Waals surface area contributed by atoms with Crippen molar-refractivity contribution in [2.24, 2.45) is 0 Å². The Kier molecular flexibility index (Phi) is 4.59. The number of nitrogens with one attached hydrogen (secondary N) is 1. The van der Waals surface area contributed by atoms with Crippen LogP contribution in [0.1, 0.15) is 12.8 Å². The van der Waals surface area contributed by atoms with Gasteiger partial charge in [0.2, 0.25) is 5.91 Å². The molecule has 1 aliphatic rings. The largest absolute Gasteiger partial charge is 0.376 e. The van der Waals surface area contributed by atoms with Gasteiger partial charge in [0.25, 0.3) is 0 Å².